The number of nitrogens with one attached hydrogen (secondary N) is 1. The minimum atomic E-state index is -4.43. The fourth-order valence-corrected chi connectivity index (χ4v) is 2.05. The molecule has 0 aromatic carbocycles. The molecule has 0 radical (unpaired) electrons. The molecule has 0 saturated heterocycles. The number of rotatable bonds is 3. The summed E-state index contributed by atoms with van der Waals surface area (Å²) < 4.78 is 38.7. The summed E-state index contributed by atoms with van der Waals surface area (Å²) in [4.78, 5) is 15.6. The molecule has 2 heterocycles. The van der Waals surface area contributed by atoms with E-state index in [4.69, 9.17) is 11.6 Å². The molecule has 0 spiro atoms. The minimum Gasteiger partial charge on any atom is -0.294 e. The Hall–Kier alpha value is -1.89. The highest BCUT2D eigenvalue weighted by atomic mass is 35.5. The van der Waals surface area contributed by atoms with Crippen LogP contribution in [0.1, 0.15) is 35.8 Å². The van der Waals surface area contributed by atoms with E-state index in [0.717, 1.165) is 6.92 Å². The molecular formula is C13H11ClF3N3O. The second-order valence-electron chi connectivity index (χ2n) is 4.55. The molecule has 0 aliphatic carbocycles. The van der Waals surface area contributed by atoms with Crippen LogP contribution >= 0.6 is 11.6 Å². The Morgan fingerprint density at radius 3 is 2.62 bits per heavy atom. The van der Waals surface area contributed by atoms with E-state index >= 15 is 0 Å². The average Bonchev–Trinajstić information content (AvgIpc) is 2.84. The highest BCUT2D eigenvalue weighted by molar-refractivity contribution is 6.29. The highest BCUT2D eigenvalue weighted by Crippen LogP contribution is 2.38. The first-order valence-electron chi connectivity index (χ1n) is 5.99. The van der Waals surface area contributed by atoms with Gasteiger partial charge in [-0.25, -0.2) is 4.98 Å². The molecule has 0 bridgehead atoms. The summed E-state index contributed by atoms with van der Waals surface area (Å²) in [5.41, 5.74) is 0.249. The fraction of sp³-hybridized carbons (Fsp3) is 0.308. The zero-order chi connectivity index (χ0) is 15.8. The van der Waals surface area contributed by atoms with Gasteiger partial charge in [-0.3, -0.25) is 9.89 Å². The number of hydrogen-bond acceptors (Lipinski definition) is 3. The molecule has 21 heavy (non-hydrogen) atoms. The number of pyridine rings is 1. The Labute approximate surface area is 123 Å². The van der Waals surface area contributed by atoms with Gasteiger partial charge < -0.3 is 0 Å². The van der Waals surface area contributed by atoms with E-state index < -0.39 is 12.1 Å². The Kier molecular flexibility index (Phi) is 4.04. The largest absolute Gasteiger partial charge is 0.396 e. The van der Waals surface area contributed by atoms with Crippen molar-refractivity contribution in [2.45, 2.75) is 25.9 Å². The normalized spacial score (nSPS) is 13.2. The van der Waals surface area contributed by atoms with Crippen LogP contribution in [0.5, 0.6) is 0 Å². The van der Waals surface area contributed by atoms with Crippen LogP contribution in [0.3, 0.4) is 0 Å². The van der Waals surface area contributed by atoms with Crippen molar-refractivity contribution in [2.75, 3.05) is 0 Å². The van der Waals surface area contributed by atoms with E-state index in [2.05, 4.69) is 15.2 Å². The summed E-state index contributed by atoms with van der Waals surface area (Å²) in [5, 5.41) is 6.06. The van der Waals surface area contributed by atoms with Gasteiger partial charge in [0.15, 0.2) is 5.78 Å². The van der Waals surface area contributed by atoms with Gasteiger partial charge in [-0.1, -0.05) is 11.6 Å². The maximum absolute atomic E-state index is 12.9. The maximum atomic E-state index is 12.9. The molecule has 1 unspecified atom stereocenters. The monoisotopic (exact) mass is 317 g/mol. The van der Waals surface area contributed by atoms with Crippen molar-refractivity contribution < 1.29 is 18.0 Å². The third kappa shape index (κ3) is 3.07. The van der Waals surface area contributed by atoms with Gasteiger partial charge in [0.25, 0.3) is 0 Å². The number of hydrogen-bond donors (Lipinski definition) is 1. The number of nitrogens with zero attached hydrogens (tertiary/aromatic N) is 2. The lowest BCUT2D eigenvalue weighted by Crippen LogP contribution is -2.19. The second kappa shape index (κ2) is 5.48. The standard InChI is InChI=1S/C13H11ClF3N3O/c1-6(13(15,16)17)11-9(5-18-20-11)12-8(7(2)21)3-4-10(14)19-12/h3-6H,1-2H3,(H,18,20). The number of ketones is 1. The van der Waals surface area contributed by atoms with Crippen LogP contribution in [0.4, 0.5) is 13.2 Å². The van der Waals surface area contributed by atoms with E-state index in [1.165, 1.54) is 25.3 Å². The predicted octanol–water partition coefficient (Wildman–Crippen LogP) is 3.99. The van der Waals surface area contributed by atoms with Crippen molar-refractivity contribution in [2.24, 2.45) is 0 Å². The number of carbonyl (C=O) groups excluding carboxylic acids is 1. The SMILES string of the molecule is CC(=O)c1ccc(Cl)nc1-c1cn[nH]c1C(C)C(F)(F)F. The zero-order valence-electron chi connectivity index (χ0n) is 11.1. The Morgan fingerprint density at radius 2 is 2.05 bits per heavy atom. The maximum Gasteiger partial charge on any atom is 0.396 e. The minimum absolute atomic E-state index is 0.0850. The summed E-state index contributed by atoms with van der Waals surface area (Å²) in [6.45, 7) is 2.32. The quantitative estimate of drug-likeness (QED) is 0.687. The first kappa shape index (κ1) is 15.5. The summed E-state index contributed by atoms with van der Waals surface area (Å²) in [6.07, 6.45) is -3.22. The smallest absolute Gasteiger partial charge is 0.294 e. The lowest BCUT2D eigenvalue weighted by atomic mass is 9.98. The van der Waals surface area contributed by atoms with E-state index in [9.17, 15) is 18.0 Å². The molecule has 2 aromatic rings. The first-order valence-corrected chi connectivity index (χ1v) is 6.37. The van der Waals surface area contributed by atoms with E-state index in [1.807, 2.05) is 0 Å². The van der Waals surface area contributed by atoms with Gasteiger partial charge in [0, 0.05) is 11.1 Å². The summed E-state index contributed by atoms with van der Waals surface area (Å²) in [5.74, 6) is -2.09. The molecule has 2 aromatic heterocycles. The first-order chi connectivity index (χ1) is 9.71. The van der Waals surface area contributed by atoms with Crippen LogP contribution in [-0.4, -0.2) is 27.1 Å². The summed E-state index contributed by atoms with van der Waals surface area (Å²) in [7, 11) is 0. The molecule has 0 amide bonds. The van der Waals surface area contributed by atoms with Crippen LogP contribution in [0, 0.1) is 0 Å². The van der Waals surface area contributed by atoms with Gasteiger partial charge in [0.05, 0.1) is 23.5 Å². The zero-order valence-corrected chi connectivity index (χ0v) is 11.9. The number of Topliss-reactive ketones (excluding diaryl/α,β-unsaturated/α-hetero) is 1. The van der Waals surface area contributed by atoms with Crippen molar-refractivity contribution in [1.29, 1.82) is 0 Å². The summed E-state index contributed by atoms with van der Waals surface area (Å²) in [6, 6.07) is 2.84. The number of alkyl halides is 3. The highest BCUT2D eigenvalue weighted by Gasteiger charge is 2.39. The van der Waals surface area contributed by atoms with E-state index in [0.29, 0.717) is 0 Å². The van der Waals surface area contributed by atoms with Gasteiger partial charge in [0.1, 0.15) is 5.15 Å². The van der Waals surface area contributed by atoms with E-state index in [1.54, 1.807) is 0 Å². The Bertz CT molecular complexity index is 682. The molecule has 112 valence electrons. The predicted molar refractivity (Wildman–Crippen MR) is 71.3 cm³/mol. The third-order valence-electron chi connectivity index (χ3n) is 3.09. The van der Waals surface area contributed by atoms with Crippen LogP contribution in [0.15, 0.2) is 18.3 Å². The van der Waals surface area contributed by atoms with Gasteiger partial charge in [-0.2, -0.15) is 18.3 Å². The number of carbonyl (C=O) groups is 1. The molecule has 2 rings (SSSR count). The van der Waals surface area contributed by atoms with Crippen LogP contribution in [0.25, 0.3) is 11.3 Å². The molecule has 1 atom stereocenters. The van der Waals surface area contributed by atoms with Gasteiger partial charge in [-0.15, -0.1) is 0 Å². The molecule has 0 saturated carbocycles. The number of halogens is 4. The topological polar surface area (TPSA) is 58.6 Å². The second-order valence-corrected chi connectivity index (χ2v) is 4.93. The molecular weight excluding hydrogens is 307 g/mol. The van der Waals surface area contributed by atoms with E-state index in [-0.39, 0.29) is 33.5 Å². The third-order valence-corrected chi connectivity index (χ3v) is 3.30. The van der Waals surface area contributed by atoms with Crippen molar-refractivity contribution in [1.82, 2.24) is 15.2 Å². The van der Waals surface area contributed by atoms with Gasteiger partial charge in [0.2, 0.25) is 0 Å². The average molecular weight is 318 g/mol. The molecule has 0 aliphatic heterocycles. The lowest BCUT2D eigenvalue weighted by molar-refractivity contribution is -0.147. The van der Waals surface area contributed by atoms with Crippen molar-refractivity contribution in [3.63, 3.8) is 0 Å². The Morgan fingerprint density at radius 1 is 1.38 bits per heavy atom. The van der Waals surface area contributed by atoms with Crippen molar-refractivity contribution in [3.05, 3.63) is 34.7 Å². The Balaban J connectivity index is 2.62. The lowest BCUT2D eigenvalue weighted by Gasteiger charge is -2.16. The van der Waals surface area contributed by atoms with Gasteiger partial charge >= 0.3 is 6.18 Å². The van der Waals surface area contributed by atoms with Crippen molar-refractivity contribution in [3.8, 4) is 11.3 Å². The molecule has 4 nitrogen and oxygen atoms in total. The molecule has 0 aliphatic rings. The van der Waals surface area contributed by atoms with Crippen molar-refractivity contribution >= 4 is 17.4 Å². The number of aromatic amines is 1. The van der Waals surface area contributed by atoms with Crippen LogP contribution in [-0.2, 0) is 0 Å². The number of H-pyrrole nitrogens is 1. The number of aromatic nitrogens is 3. The van der Waals surface area contributed by atoms with Crippen LogP contribution in [0.2, 0.25) is 5.15 Å². The molecule has 8 heteroatoms. The van der Waals surface area contributed by atoms with Crippen LogP contribution < -0.4 is 0 Å². The molecule has 1 N–H and O–H groups in total. The van der Waals surface area contributed by atoms with Gasteiger partial charge in [-0.05, 0) is 26.0 Å². The fourth-order valence-electron chi connectivity index (χ4n) is 1.90. The molecule has 0 fully saturated rings. The summed E-state index contributed by atoms with van der Waals surface area (Å²) >= 11 is 5.78.